The van der Waals surface area contributed by atoms with Crippen molar-refractivity contribution >= 4 is 34.7 Å². The summed E-state index contributed by atoms with van der Waals surface area (Å²) in [6.07, 6.45) is 3.82. The van der Waals surface area contributed by atoms with Crippen LogP contribution in [-0.2, 0) is 4.79 Å². The van der Waals surface area contributed by atoms with Crippen LogP contribution < -0.4 is 11.1 Å². The Balaban J connectivity index is 0.00000162. The molecule has 102 valence electrons. The van der Waals surface area contributed by atoms with Gasteiger partial charge in [-0.05, 0) is 32.6 Å². The van der Waals surface area contributed by atoms with Crippen LogP contribution in [0.3, 0.4) is 0 Å². The summed E-state index contributed by atoms with van der Waals surface area (Å²) in [5, 5.41) is 4.80. The molecule has 1 aromatic rings. The lowest BCUT2D eigenvalue weighted by molar-refractivity contribution is -0.117. The fraction of sp³-hybridized carbons (Fsp3) is 0.667. The molecule has 3 N–H and O–H groups in total. The Hall–Kier alpha value is -0.650. The molecule has 6 heteroatoms. The third-order valence-electron chi connectivity index (χ3n) is 3.32. The molecular formula is C12H20ClN3OS. The number of aryl methyl sites for hydroxylation is 2. The second-order valence-corrected chi connectivity index (χ2v) is 5.96. The van der Waals surface area contributed by atoms with Crippen LogP contribution in [0.4, 0.5) is 5.00 Å². The standard InChI is InChI=1S/C12H19N3OS.ClH/c1-7-12(17-8(2)14-7)15-11(16)6-9-4-3-5-10(9)13;/h9-10H,3-6,13H2,1-2H3,(H,15,16);1H/t9-,10+;/m0./s1. The summed E-state index contributed by atoms with van der Waals surface area (Å²) in [5.41, 5.74) is 6.86. The molecule has 0 aliphatic heterocycles. The van der Waals surface area contributed by atoms with E-state index < -0.39 is 0 Å². The van der Waals surface area contributed by atoms with Crippen molar-refractivity contribution in [2.24, 2.45) is 11.7 Å². The predicted molar refractivity (Wildman–Crippen MR) is 77.4 cm³/mol. The van der Waals surface area contributed by atoms with E-state index in [-0.39, 0.29) is 24.4 Å². The minimum absolute atomic E-state index is 0. The van der Waals surface area contributed by atoms with Crippen molar-refractivity contribution in [3.05, 3.63) is 10.7 Å². The van der Waals surface area contributed by atoms with E-state index in [1.165, 1.54) is 11.3 Å². The summed E-state index contributed by atoms with van der Waals surface area (Å²) in [5.74, 6) is 0.420. The fourth-order valence-electron chi connectivity index (χ4n) is 2.38. The molecule has 1 aliphatic carbocycles. The van der Waals surface area contributed by atoms with Gasteiger partial charge in [0.1, 0.15) is 5.00 Å². The fourth-order valence-corrected chi connectivity index (χ4v) is 3.22. The zero-order valence-electron chi connectivity index (χ0n) is 10.7. The molecule has 1 saturated carbocycles. The smallest absolute Gasteiger partial charge is 0.225 e. The van der Waals surface area contributed by atoms with Gasteiger partial charge in [0.05, 0.1) is 10.7 Å². The largest absolute Gasteiger partial charge is 0.327 e. The van der Waals surface area contributed by atoms with E-state index in [4.69, 9.17) is 5.73 Å². The number of nitrogens with zero attached hydrogens (tertiary/aromatic N) is 1. The first-order valence-corrected chi connectivity index (χ1v) is 6.87. The number of aromatic nitrogens is 1. The average Bonchev–Trinajstić information content (AvgIpc) is 2.75. The summed E-state index contributed by atoms with van der Waals surface area (Å²) in [7, 11) is 0. The van der Waals surface area contributed by atoms with E-state index >= 15 is 0 Å². The molecule has 0 radical (unpaired) electrons. The summed E-state index contributed by atoms with van der Waals surface area (Å²) in [4.78, 5) is 16.2. The van der Waals surface area contributed by atoms with E-state index in [0.717, 1.165) is 35.0 Å². The highest BCUT2D eigenvalue weighted by Crippen LogP contribution is 2.28. The third kappa shape index (κ3) is 3.67. The number of carbonyl (C=O) groups is 1. The maximum Gasteiger partial charge on any atom is 0.225 e. The summed E-state index contributed by atoms with van der Waals surface area (Å²) < 4.78 is 0. The first kappa shape index (κ1) is 15.4. The number of nitrogens with two attached hydrogens (primary N) is 1. The van der Waals surface area contributed by atoms with Crippen LogP contribution >= 0.6 is 23.7 Å². The number of carbonyl (C=O) groups excluding carboxylic acids is 1. The Morgan fingerprint density at radius 3 is 2.72 bits per heavy atom. The first-order valence-electron chi connectivity index (χ1n) is 6.05. The molecule has 1 fully saturated rings. The van der Waals surface area contributed by atoms with Crippen molar-refractivity contribution in [1.29, 1.82) is 0 Å². The molecule has 2 atom stereocenters. The van der Waals surface area contributed by atoms with Crippen LogP contribution in [0.15, 0.2) is 0 Å². The highest BCUT2D eigenvalue weighted by Gasteiger charge is 2.26. The lowest BCUT2D eigenvalue weighted by Gasteiger charge is -2.14. The van der Waals surface area contributed by atoms with Crippen LogP contribution in [0.2, 0.25) is 0 Å². The molecule has 1 heterocycles. The summed E-state index contributed by atoms with van der Waals surface area (Å²) in [6, 6.07) is 0.199. The first-order chi connectivity index (χ1) is 8.06. The topological polar surface area (TPSA) is 68.0 Å². The molecule has 1 aliphatic rings. The van der Waals surface area contributed by atoms with Gasteiger partial charge >= 0.3 is 0 Å². The van der Waals surface area contributed by atoms with Crippen LogP contribution in [-0.4, -0.2) is 16.9 Å². The molecule has 1 amide bonds. The highest BCUT2D eigenvalue weighted by molar-refractivity contribution is 7.16. The Morgan fingerprint density at radius 1 is 1.50 bits per heavy atom. The second-order valence-electron chi connectivity index (χ2n) is 4.75. The van der Waals surface area contributed by atoms with E-state index in [1.54, 1.807) is 0 Å². The van der Waals surface area contributed by atoms with Crippen LogP contribution in [0.1, 0.15) is 36.4 Å². The molecule has 0 saturated heterocycles. The van der Waals surface area contributed by atoms with E-state index in [1.807, 2.05) is 13.8 Å². The van der Waals surface area contributed by atoms with Gasteiger partial charge in [0.2, 0.25) is 5.91 Å². The number of amides is 1. The van der Waals surface area contributed by atoms with Gasteiger partial charge < -0.3 is 11.1 Å². The number of halogens is 1. The maximum atomic E-state index is 11.9. The zero-order chi connectivity index (χ0) is 12.4. The molecule has 0 unspecified atom stereocenters. The minimum Gasteiger partial charge on any atom is -0.327 e. The number of hydrogen-bond donors (Lipinski definition) is 2. The van der Waals surface area contributed by atoms with Crippen molar-refractivity contribution in [1.82, 2.24) is 4.98 Å². The Kier molecular flexibility index (Phi) is 5.56. The Bertz CT molecular complexity index is 421. The van der Waals surface area contributed by atoms with Crippen molar-refractivity contribution in [3.8, 4) is 0 Å². The van der Waals surface area contributed by atoms with Gasteiger partial charge in [-0.25, -0.2) is 4.98 Å². The van der Waals surface area contributed by atoms with Crippen molar-refractivity contribution in [3.63, 3.8) is 0 Å². The van der Waals surface area contributed by atoms with Gasteiger partial charge in [-0.15, -0.1) is 23.7 Å². The van der Waals surface area contributed by atoms with E-state index in [2.05, 4.69) is 10.3 Å². The van der Waals surface area contributed by atoms with Gasteiger partial charge in [0.25, 0.3) is 0 Å². The number of rotatable bonds is 3. The monoisotopic (exact) mass is 289 g/mol. The van der Waals surface area contributed by atoms with Gasteiger partial charge in [-0.2, -0.15) is 0 Å². The molecule has 1 aromatic heterocycles. The third-order valence-corrected chi connectivity index (χ3v) is 4.31. The number of anilines is 1. The average molecular weight is 290 g/mol. The van der Waals surface area contributed by atoms with E-state index in [9.17, 15) is 4.79 Å². The number of hydrogen-bond acceptors (Lipinski definition) is 4. The van der Waals surface area contributed by atoms with Gasteiger partial charge in [0, 0.05) is 12.5 Å². The lowest BCUT2D eigenvalue weighted by atomic mass is 10.00. The number of thiazole rings is 1. The van der Waals surface area contributed by atoms with Gasteiger partial charge in [0.15, 0.2) is 0 Å². The molecule has 0 spiro atoms. The van der Waals surface area contributed by atoms with Crippen molar-refractivity contribution < 1.29 is 4.79 Å². The van der Waals surface area contributed by atoms with Gasteiger partial charge in [-0.3, -0.25) is 4.79 Å². The van der Waals surface area contributed by atoms with Gasteiger partial charge in [-0.1, -0.05) is 6.42 Å². The Labute approximate surface area is 118 Å². The zero-order valence-corrected chi connectivity index (χ0v) is 12.4. The minimum atomic E-state index is 0. The SMILES string of the molecule is Cc1nc(C)c(NC(=O)C[C@@H]2CCC[C@H]2N)s1.Cl. The second kappa shape index (κ2) is 6.50. The lowest BCUT2D eigenvalue weighted by Crippen LogP contribution is -2.28. The predicted octanol–water partition coefficient (Wildman–Crippen LogP) is 2.64. The molecular weight excluding hydrogens is 270 g/mol. The maximum absolute atomic E-state index is 11.9. The quantitative estimate of drug-likeness (QED) is 0.899. The van der Waals surface area contributed by atoms with Crippen molar-refractivity contribution in [2.75, 3.05) is 5.32 Å². The molecule has 4 nitrogen and oxygen atoms in total. The van der Waals surface area contributed by atoms with Crippen LogP contribution in [0.25, 0.3) is 0 Å². The molecule has 0 bridgehead atoms. The highest BCUT2D eigenvalue weighted by atomic mass is 35.5. The molecule has 2 rings (SSSR count). The number of nitrogens with one attached hydrogen (secondary N) is 1. The molecule has 0 aromatic carbocycles. The Morgan fingerprint density at radius 2 is 2.22 bits per heavy atom. The van der Waals surface area contributed by atoms with Crippen LogP contribution in [0.5, 0.6) is 0 Å². The summed E-state index contributed by atoms with van der Waals surface area (Å²) in [6.45, 7) is 3.86. The van der Waals surface area contributed by atoms with Crippen LogP contribution in [0, 0.1) is 19.8 Å². The molecule has 18 heavy (non-hydrogen) atoms. The normalized spacial score (nSPS) is 22.6. The summed E-state index contributed by atoms with van der Waals surface area (Å²) >= 11 is 1.53. The van der Waals surface area contributed by atoms with Crippen molar-refractivity contribution in [2.45, 2.75) is 45.6 Å². The van der Waals surface area contributed by atoms with E-state index in [0.29, 0.717) is 12.3 Å².